The monoisotopic (exact) mass is 384 g/mol. The molecule has 2 amide bonds. The van der Waals surface area contributed by atoms with Gasteiger partial charge in [-0.2, -0.15) is 0 Å². The summed E-state index contributed by atoms with van der Waals surface area (Å²) < 4.78 is 5.13. The molecule has 1 saturated heterocycles. The van der Waals surface area contributed by atoms with Gasteiger partial charge in [0.1, 0.15) is 31.9 Å². The van der Waals surface area contributed by atoms with Gasteiger partial charge in [0.25, 0.3) is 11.8 Å². The Balaban J connectivity index is 1.63. The van der Waals surface area contributed by atoms with E-state index in [4.69, 9.17) is 4.74 Å². The molecular weight excluding hydrogens is 356 g/mol. The van der Waals surface area contributed by atoms with Gasteiger partial charge in [0.05, 0.1) is 25.4 Å². The molecule has 2 aromatic rings. The number of carbonyl (C=O) groups excluding carboxylic acids is 2. The van der Waals surface area contributed by atoms with Crippen LogP contribution in [0.15, 0.2) is 48.5 Å². The zero-order valence-electron chi connectivity index (χ0n) is 16.4. The molecule has 0 spiro atoms. The van der Waals surface area contributed by atoms with Gasteiger partial charge in [0, 0.05) is 5.69 Å². The van der Waals surface area contributed by atoms with Crippen LogP contribution in [0.3, 0.4) is 0 Å². The third-order valence-corrected chi connectivity index (χ3v) is 5.01. The van der Waals surface area contributed by atoms with Crippen molar-refractivity contribution in [2.24, 2.45) is 0 Å². The van der Waals surface area contributed by atoms with Gasteiger partial charge < -0.3 is 25.2 Å². The lowest BCUT2D eigenvalue weighted by molar-refractivity contribution is -0.999. The van der Waals surface area contributed by atoms with Gasteiger partial charge in [-0.05, 0) is 36.4 Å². The quantitative estimate of drug-likeness (QED) is 0.532. The Bertz CT molecular complexity index is 815. The molecule has 1 aliphatic rings. The molecule has 0 unspecified atom stereocenters. The number of methoxy groups -OCH3 is 1. The predicted molar refractivity (Wildman–Crippen MR) is 108 cm³/mol. The van der Waals surface area contributed by atoms with Crippen LogP contribution in [-0.2, 0) is 4.79 Å². The number of rotatable bonds is 6. The number of nitrogens with one attached hydrogen (secondary N) is 4. The molecule has 3 rings (SSSR count). The van der Waals surface area contributed by atoms with Crippen LogP contribution >= 0.6 is 0 Å². The summed E-state index contributed by atoms with van der Waals surface area (Å²) in [6.45, 7) is 4.53. The zero-order chi connectivity index (χ0) is 19.9. The summed E-state index contributed by atoms with van der Waals surface area (Å²) in [7, 11) is 3.77. The van der Waals surface area contributed by atoms with Crippen LogP contribution in [0, 0.1) is 0 Å². The normalized spacial score (nSPS) is 18.9. The number of likely N-dealkylation sites (N-methyl/N-ethyl adjacent to an activating group) is 1. The lowest BCUT2D eigenvalue weighted by Crippen LogP contribution is -3.27. The molecule has 28 heavy (non-hydrogen) atoms. The van der Waals surface area contributed by atoms with Gasteiger partial charge in [0.15, 0.2) is 6.54 Å². The van der Waals surface area contributed by atoms with E-state index in [1.807, 2.05) is 6.07 Å². The minimum Gasteiger partial charge on any atom is -0.497 e. The number of carbonyl (C=O) groups is 2. The number of piperazine rings is 1. The summed E-state index contributed by atoms with van der Waals surface area (Å²) in [6.07, 6.45) is 0. The van der Waals surface area contributed by atoms with E-state index in [-0.39, 0.29) is 11.8 Å². The first-order chi connectivity index (χ1) is 13.5. The Kier molecular flexibility index (Phi) is 6.62. The van der Waals surface area contributed by atoms with Crippen LogP contribution in [0.5, 0.6) is 5.75 Å². The molecule has 0 radical (unpaired) electrons. The third-order valence-electron chi connectivity index (χ3n) is 5.01. The molecule has 2 aromatic carbocycles. The van der Waals surface area contributed by atoms with E-state index in [9.17, 15) is 9.59 Å². The third kappa shape index (κ3) is 5.31. The first kappa shape index (κ1) is 19.9. The molecular formula is C21H28N4O3+2. The van der Waals surface area contributed by atoms with Crippen molar-refractivity contribution < 1.29 is 24.1 Å². The number of amides is 2. The molecule has 0 bridgehead atoms. The molecule has 0 saturated carbocycles. The van der Waals surface area contributed by atoms with Crippen molar-refractivity contribution in [3.8, 4) is 5.75 Å². The van der Waals surface area contributed by atoms with Gasteiger partial charge in [-0.1, -0.05) is 12.1 Å². The van der Waals surface area contributed by atoms with Crippen molar-refractivity contribution in [3.05, 3.63) is 54.1 Å². The fourth-order valence-electron chi connectivity index (χ4n) is 3.29. The van der Waals surface area contributed by atoms with Crippen LogP contribution in [-0.4, -0.2) is 58.7 Å². The number of quaternary nitrogens is 2. The van der Waals surface area contributed by atoms with Gasteiger partial charge in [-0.15, -0.1) is 0 Å². The molecule has 7 nitrogen and oxygen atoms in total. The highest BCUT2D eigenvalue weighted by Gasteiger charge is 2.23. The van der Waals surface area contributed by atoms with E-state index in [1.54, 1.807) is 49.6 Å². The van der Waals surface area contributed by atoms with E-state index >= 15 is 0 Å². The van der Waals surface area contributed by atoms with Crippen LogP contribution in [0.1, 0.15) is 10.4 Å². The van der Waals surface area contributed by atoms with Gasteiger partial charge >= 0.3 is 0 Å². The molecule has 1 aliphatic heterocycles. The van der Waals surface area contributed by atoms with Crippen molar-refractivity contribution in [1.29, 1.82) is 0 Å². The van der Waals surface area contributed by atoms with Crippen molar-refractivity contribution in [2.45, 2.75) is 0 Å². The zero-order valence-corrected chi connectivity index (χ0v) is 16.4. The maximum atomic E-state index is 12.7. The second-order valence-corrected chi connectivity index (χ2v) is 7.16. The van der Waals surface area contributed by atoms with E-state index in [0.717, 1.165) is 31.9 Å². The number of ether oxygens (including phenoxy) is 1. The second-order valence-electron chi connectivity index (χ2n) is 7.16. The first-order valence-electron chi connectivity index (χ1n) is 9.54. The number of benzene rings is 2. The Labute approximate surface area is 165 Å². The molecule has 1 fully saturated rings. The molecule has 0 aromatic heterocycles. The van der Waals surface area contributed by atoms with Gasteiger partial charge in [0.2, 0.25) is 0 Å². The maximum absolute atomic E-state index is 12.7. The second kappa shape index (κ2) is 9.34. The van der Waals surface area contributed by atoms with E-state index < -0.39 is 0 Å². The minimum absolute atomic E-state index is 0.0701. The number of anilines is 2. The highest BCUT2D eigenvalue weighted by Crippen LogP contribution is 2.19. The van der Waals surface area contributed by atoms with Gasteiger partial charge in [-0.3, -0.25) is 9.59 Å². The van der Waals surface area contributed by atoms with E-state index in [2.05, 4.69) is 17.7 Å². The Morgan fingerprint density at radius 2 is 1.64 bits per heavy atom. The smallest absolute Gasteiger partial charge is 0.279 e. The fraction of sp³-hybridized carbons (Fsp3) is 0.333. The Hall–Kier alpha value is -2.90. The molecule has 7 heteroatoms. The molecule has 0 aliphatic carbocycles. The summed E-state index contributed by atoms with van der Waals surface area (Å²) in [4.78, 5) is 28.0. The van der Waals surface area contributed by atoms with E-state index in [1.165, 1.54) is 9.80 Å². The number of para-hydroxylation sites is 1. The fourth-order valence-corrected chi connectivity index (χ4v) is 3.29. The first-order valence-corrected chi connectivity index (χ1v) is 9.54. The summed E-state index contributed by atoms with van der Waals surface area (Å²) in [5.74, 6) is 0.384. The molecule has 4 N–H and O–H groups in total. The molecule has 148 valence electrons. The van der Waals surface area contributed by atoms with Crippen molar-refractivity contribution in [2.75, 3.05) is 57.5 Å². The maximum Gasteiger partial charge on any atom is 0.279 e. The lowest BCUT2D eigenvalue weighted by Gasteiger charge is -2.26. The highest BCUT2D eigenvalue weighted by atomic mass is 16.5. The number of hydrogen-bond donors (Lipinski definition) is 4. The van der Waals surface area contributed by atoms with Crippen LogP contribution < -0.4 is 25.2 Å². The van der Waals surface area contributed by atoms with Crippen LogP contribution in [0.4, 0.5) is 11.4 Å². The van der Waals surface area contributed by atoms with Crippen LogP contribution in [0.2, 0.25) is 0 Å². The lowest BCUT2D eigenvalue weighted by atomic mass is 10.1. The SMILES string of the molecule is COc1ccc(NC(=O)c2ccccc2NC(=O)C[NH+]2CC[NH+](C)CC2)cc1. The Morgan fingerprint density at radius 3 is 2.32 bits per heavy atom. The predicted octanol–water partition coefficient (Wildman–Crippen LogP) is -0.701. The summed E-state index contributed by atoms with van der Waals surface area (Å²) in [5.41, 5.74) is 1.62. The summed E-state index contributed by atoms with van der Waals surface area (Å²) in [5, 5.41) is 5.76. The average Bonchev–Trinajstić information content (AvgIpc) is 2.70. The van der Waals surface area contributed by atoms with Crippen LogP contribution in [0.25, 0.3) is 0 Å². The molecule has 0 atom stereocenters. The minimum atomic E-state index is -0.267. The van der Waals surface area contributed by atoms with Crippen molar-refractivity contribution >= 4 is 23.2 Å². The highest BCUT2D eigenvalue weighted by molar-refractivity contribution is 6.10. The largest absolute Gasteiger partial charge is 0.497 e. The topological polar surface area (TPSA) is 76.3 Å². The van der Waals surface area contributed by atoms with Gasteiger partial charge in [-0.25, -0.2) is 0 Å². The average molecular weight is 384 g/mol. The molecule has 1 heterocycles. The van der Waals surface area contributed by atoms with Crippen molar-refractivity contribution in [1.82, 2.24) is 0 Å². The number of hydrogen-bond acceptors (Lipinski definition) is 3. The summed E-state index contributed by atoms with van der Waals surface area (Å²) in [6, 6.07) is 14.2. The summed E-state index contributed by atoms with van der Waals surface area (Å²) >= 11 is 0. The van der Waals surface area contributed by atoms with E-state index in [0.29, 0.717) is 23.5 Å². The standard InChI is InChI=1S/C21H26N4O3/c1-24-11-13-25(14-12-24)15-20(26)23-19-6-4-3-5-18(19)21(27)22-16-7-9-17(28-2)10-8-16/h3-10H,11-15H2,1-2H3,(H,22,27)(H,23,26)/p+2. The van der Waals surface area contributed by atoms with Crippen molar-refractivity contribution in [3.63, 3.8) is 0 Å². The Morgan fingerprint density at radius 1 is 0.964 bits per heavy atom.